The molecule has 0 radical (unpaired) electrons. The first-order chi connectivity index (χ1) is 14.6. The Hall–Kier alpha value is -2.53. The topological polar surface area (TPSA) is 159 Å². The number of ketones is 1. The molecule has 0 amide bonds. The van der Waals surface area contributed by atoms with Crippen LogP contribution in [0.4, 0.5) is 11.4 Å². The van der Waals surface area contributed by atoms with Gasteiger partial charge in [-0.3, -0.25) is 19.7 Å². The van der Waals surface area contributed by atoms with E-state index in [1.165, 1.54) is 19.3 Å². The number of rotatable bonds is 8. The van der Waals surface area contributed by atoms with E-state index in [0.717, 1.165) is 37.5 Å². The van der Waals surface area contributed by atoms with Crippen molar-refractivity contribution in [3.8, 4) is 0 Å². The number of nitrogens with one attached hydrogen (secondary N) is 1. The number of sulfonamides is 1. The lowest BCUT2D eigenvalue weighted by atomic mass is 9.48. The van der Waals surface area contributed by atoms with Crippen LogP contribution in [-0.4, -0.2) is 38.2 Å². The Morgan fingerprint density at radius 1 is 1.16 bits per heavy atom. The van der Waals surface area contributed by atoms with Crippen LogP contribution >= 0.6 is 0 Å². The molecular formula is C20H25N3O7S. The van der Waals surface area contributed by atoms with Crippen LogP contribution in [0.15, 0.2) is 23.1 Å². The molecule has 0 aliphatic heterocycles. The number of Topliss-reactive ketones (excluding diaryl/α,β-unsaturated/α-hetero) is 1. The normalized spacial score (nSPS) is 29.0. The van der Waals surface area contributed by atoms with Gasteiger partial charge in [-0.2, -0.15) is 4.72 Å². The summed E-state index contributed by atoms with van der Waals surface area (Å²) in [5, 5.41) is 10.9. The van der Waals surface area contributed by atoms with Gasteiger partial charge in [0.05, 0.1) is 9.82 Å². The number of hydrogen-bond donors (Lipinski definition) is 2. The molecular weight excluding hydrogens is 426 g/mol. The molecule has 0 atom stereocenters. The summed E-state index contributed by atoms with van der Waals surface area (Å²) in [6.45, 7) is -1.05. The Labute approximate surface area is 179 Å². The minimum atomic E-state index is -4.20. The Balaban J connectivity index is 1.32. The largest absolute Gasteiger partial charge is 0.457 e. The molecule has 11 heteroatoms. The van der Waals surface area contributed by atoms with Crippen molar-refractivity contribution in [2.24, 2.45) is 23.2 Å². The zero-order valence-corrected chi connectivity index (χ0v) is 17.7. The monoisotopic (exact) mass is 451 g/mol. The average Bonchev–Trinajstić information content (AvgIpc) is 2.69. The third kappa shape index (κ3) is 4.29. The fraction of sp³-hybridized carbons (Fsp3) is 0.600. The Kier molecular flexibility index (Phi) is 5.50. The van der Waals surface area contributed by atoms with Gasteiger partial charge in [0.1, 0.15) is 12.2 Å². The van der Waals surface area contributed by atoms with Crippen LogP contribution in [0.5, 0.6) is 0 Å². The SMILES string of the molecule is Nc1ccc(S(=O)(=O)NCC(=O)OCC(=O)C23CC4CC(CC(C4)C2)C3)cc1[N+](=O)[O-]. The molecule has 4 aliphatic rings. The quantitative estimate of drug-likeness (QED) is 0.262. The third-order valence-corrected chi connectivity index (χ3v) is 8.31. The van der Waals surface area contributed by atoms with Crippen LogP contribution in [0.2, 0.25) is 0 Å². The molecule has 0 unspecified atom stereocenters. The van der Waals surface area contributed by atoms with Crippen LogP contribution in [0, 0.1) is 33.3 Å². The van der Waals surface area contributed by atoms with Gasteiger partial charge in [0, 0.05) is 11.5 Å². The standard InChI is InChI=1S/C20H25N3O7S/c21-16-2-1-15(6-17(16)23(26)27)31(28,29)22-10-19(25)30-11-18(24)20-7-12-3-13(8-20)5-14(4-12)9-20/h1-2,6,12-14,22H,3-5,7-11,21H2. The number of esters is 1. The van der Waals surface area contributed by atoms with E-state index in [-0.39, 0.29) is 18.1 Å². The molecule has 31 heavy (non-hydrogen) atoms. The summed E-state index contributed by atoms with van der Waals surface area (Å²) in [5.74, 6) is 0.800. The van der Waals surface area contributed by atoms with Crippen molar-refractivity contribution in [2.75, 3.05) is 18.9 Å². The van der Waals surface area contributed by atoms with E-state index in [1.807, 2.05) is 4.72 Å². The number of carbonyl (C=O) groups is 2. The Morgan fingerprint density at radius 3 is 2.29 bits per heavy atom. The number of anilines is 1. The van der Waals surface area contributed by atoms with Crippen molar-refractivity contribution in [3.63, 3.8) is 0 Å². The van der Waals surface area contributed by atoms with E-state index in [0.29, 0.717) is 17.8 Å². The first kappa shape index (κ1) is 21.7. The van der Waals surface area contributed by atoms with Crippen molar-refractivity contribution >= 4 is 33.2 Å². The summed E-state index contributed by atoms with van der Waals surface area (Å²) in [6.07, 6.45) is 6.15. The van der Waals surface area contributed by atoms with Gasteiger partial charge in [-0.05, 0) is 68.4 Å². The second-order valence-electron chi connectivity index (χ2n) is 9.08. The highest BCUT2D eigenvalue weighted by atomic mass is 32.2. The first-order valence-electron chi connectivity index (χ1n) is 10.3. The fourth-order valence-electron chi connectivity index (χ4n) is 5.89. The minimum absolute atomic E-state index is 0.0723. The summed E-state index contributed by atoms with van der Waals surface area (Å²) in [5.41, 5.74) is 4.35. The third-order valence-electron chi connectivity index (χ3n) is 6.91. The maximum absolute atomic E-state index is 12.9. The number of ether oxygens (including phenoxy) is 1. The van der Waals surface area contributed by atoms with E-state index in [9.17, 15) is 28.1 Å². The predicted octanol–water partition coefficient (Wildman–Crippen LogP) is 1.78. The molecule has 4 aliphatic carbocycles. The molecule has 1 aromatic carbocycles. The molecule has 10 nitrogen and oxygen atoms in total. The molecule has 1 aromatic rings. The maximum Gasteiger partial charge on any atom is 0.321 e. The highest BCUT2D eigenvalue weighted by Gasteiger charge is 2.54. The van der Waals surface area contributed by atoms with Gasteiger partial charge < -0.3 is 10.5 Å². The average molecular weight is 452 g/mol. The summed E-state index contributed by atoms with van der Waals surface area (Å²) in [4.78, 5) is 34.7. The molecule has 168 valence electrons. The van der Waals surface area contributed by atoms with E-state index in [4.69, 9.17) is 10.5 Å². The fourth-order valence-corrected chi connectivity index (χ4v) is 6.88. The molecule has 4 saturated carbocycles. The lowest BCUT2D eigenvalue weighted by Crippen LogP contribution is -2.51. The van der Waals surface area contributed by atoms with Gasteiger partial charge in [-0.25, -0.2) is 8.42 Å². The van der Waals surface area contributed by atoms with Crippen LogP contribution in [-0.2, 0) is 24.3 Å². The summed E-state index contributed by atoms with van der Waals surface area (Å²) in [6, 6.07) is 3.03. The molecule has 4 bridgehead atoms. The van der Waals surface area contributed by atoms with Crippen LogP contribution in [0.3, 0.4) is 0 Å². The number of carbonyl (C=O) groups excluding carboxylic acids is 2. The zero-order chi connectivity index (χ0) is 22.4. The van der Waals surface area contributed by atoms with Gasteiger partial charge in [0.25, 0.3) is 5.69 Å². The molecule has 0 spiro atoms. The molecule has 5 rings (SSSR count). The number of benzene rings is 1. The highest BCUT2D eigenvalue weighted by Crippen LogP contribution is 2.60. The molecule has 0 aromatic heterocycles. The summed E-state index contributed by atoms with van der Waals surface area (Å²) < 4.78 is 31.8. The van der Waals surface area contributed by atoms with E-state index < -0.39 is 43.5 Å². The van der Waals surface area contributed by atoms with Gasteiger partial charge in [-0.15, -0.1) is 0 Å². The van der Waals surface area contributed by atoms with E-state index >= 15 is 0 Å². The van der Waals surface area contributed by atoms with Crippen LogP contribution < -0.4 is 10.5 Å². The van der Waals surface area contributed by atoms with Crippen molar-refractivity contribution in [1.82, 2.24) is 4.72 Å². The molecule has 0 heterocycles. The second kappa shape index (κ2) is 7.86. The van der Waals surface area contributed by atoms with E-state index in [1.54, 1.807) is 0 Å². The second-order valence-corrected chi connectivity index (χ2v) is 10.9. The molecule has 4 fully saturated rings. The Morgan fingerprint density at radius 2 is 1.74 bits per heavy atom. The van der Waals surface area contributed by atoms with Gasteiger partial charge in [0.2, 0.25) is 10.0 Å². The number of nitrogen functional groups attached to an aromatic ring is 1. The zero-order valence-electron chi connectivity index (χ0n) is 16.9. The van der Waals surface area contributed by atoms with Gasteiger partial charge in [-0.1, -0.05) is 0 Å². The maximum atomic E-state index is 12.9. The number of nitrogens with two attached hydrogens (primary N) is 1. The van der Waals surface area contributed by atoms with Crippen molar-refractivity contribution < 1.29 is 27.7 Å². The lowest BCUT2D eigenvalue weighted by molar-refractivity contribution is -0.384. The van der Waals surface area contributed by atoms with Crippen molar-refractivity contribution in [2.45, 2.75) is 43.4 Å². The highest BCUT2D eigenvalue weighted by molar-refractivity contribution is 7.89. The first-order valence-corrected chi connectivity index (χ1v) is 11.8. The smallest absolute Gasteiger partial charge is 0.321 e. The predicted molar refractivity (Wildman–Crippen MR) is 109 cm³/mol. The summed E-state index contributed by atoms with van der Waals surface area (Å²) in [7, 11) is -4.20. The van der Waals surface area contributed by atoms with Gasteiger partial charge in [0.15, 0.2) is 12.4 Å². The number of nitro groups is 1. The summed E-state index contributed by atoms with van der Waals surface area (Å²) >= 11 is 0. The molecule has 3 N–H and O–H groups in total. The Bertz CT molecular complexity index is 1000. The van der Waals surface area contributed by atoms with Gasteiger partial charge >= 0.3 is 5.97 Å². The molecule has 0 saturated heterocycles. The lowest BCUT2D eigenvalue weighted by Gasteiger charge is -2.55. The number of nitrogens with zero attached hydrogens (tertiary/aromatic N) is 1. The van der Waals surface area contributed by atoms with Crippen LogP contribution in [0.25, 0.3) is 0 Å². The van der Waals surface area contributed by atoms with E-state index in [2.05, 4.69) is 0 Å². The number of hydrogen-bond acceptors (Lipinski definition) is 8. The van der Waals surface area contributed by atoms with Crippen LogP contribution in [0.1, 0.15) is 38.5 Å². The van der Waals surface area contributed by atoms with Crippen molar-refractivity contribution in [3.05, 3.63) is 28.3 Å². The van der Waals surface area contributed by atoms with Crippen molar-refractivity contribution in [1.29, 1.82) is 0 Å². The minimum Gasteiger partial charge on any atom is -0.457 e. The number of nitro benzene ring substituents is 1.